The molecule has 2 rings (SSSR count). The Hall–Kier alpha value is -1.48. The van der Waals surface area contributed by atoms with Crippen LogP contribution < -0.4 is 10.4 Å². The molecule has 0 bridgehead atoms. The average molecular weight is 253 g/mol. The zero-order valence-electron chi connectivity index (χ0n) is 9.75. The molecule has 0 aliphatic heterocycles. The third-order valence-corrected chi connectivity index (χ3v) is 2.76. The zero-order valence-corrected chi connectivity index (χ0v) is 10.5. The lowest BCUT2D eigenvalue weighted by atomic mass is 10.1. The van der Waals surface area contributed by atoms with Crippen molar-refractivity contribution in [1.29, 1.82) is 0 Å². The third kappa shape index (κ3) is 2.44. The van der Waals surface area contributed by atoms with Gasteiger partial charge in [0.1, 0.15) is 11.3 Å². The van der Waals surface area contributed by atoms with Crippen molar-refractivity contribution < 1.29 is 9.15 Å². The summed E-state index contributed by atoms with van der Waals surface area (Å²) >= 11 is 6.11. The maximum Gasteiger partial charge on any atom is 0.336 e. The largest absolute Gasteiger partial charge is 0.492 e. The molecule has 1 aromatic heterocycles. The van der Waals surface area contributed by atoms with Crippen LogP contribution >= 0.6 is 11.6 Å². The Morgan fingerprint density at radius 3 is 2.82 bits per heavy atom. The molecule has 3 nitrogen and oxygen atoms in total. The fraction of sp³-hybridized carbons (Fsp3) is 0.308. The van der Waals surface area contributed by atoms with Crippen molar-refractivity contribution in [2.24, 2.45) is 0 Å². The van der Waals surface area contributed by atoms with Gasteiger partial charge in [0.2, 0.25) is 0 Å². The van der Waals surface area contributed by atoms with Gasteiger partial charge in [0.25, 0.3) is 0 Å². The summed E-state index contributed by atoms with van der Waals surface area (Å²) in [5.74, 6) is 0.551. The minimum absolute atomic E-state index is 0.362. The minimum Gasteiger partial charge on any atom is -0.492 e. The molecule has 0 N–H and O–H groups in total. The first-order chi connectivity index (χ1) is 8.11. The number of hydrogen-bond acceptors (Lipinski definition) is 3. The first kappa shape index (κ1) is 12.0. The molecule has 0 spiro atoms. The fourth-order valence-electron chi connectivity index (χ4n) is 1.64. The summed E-state index contributed by atoms with van der Waals surface area (Å²) in [5, 5.41) is 1.36. The van der Waals surface area contributed by atoms with E-state index < -0.39 is 0 Å². The summed E-state index contributed by atoms with van der Waals surface area (Å²) in [6, 6.07) is 4.88. The first-order valence-corrected chi connectivity index (χ1v) is 5.86. The van der Waals surface area contributed by atoms with E-state index in [0.29, 0.717) is 23.0 Å². The lowest BCUT2D eigenvalue weighted by Crippen LogP contribution is -1.99. The van der Waals surface area contributed by atoms with Gasteiger partial charge in [-0.05, 0) is 25.0 Å². The van der Waals surface area contributed by atoms with Crippen LogP contribution in [-0.4, -0.2) is 6.61 Å². The molecule has 0 atom stereocenters. The number of halogens is 1. The lowest BCUT2D eigenvalue weighted by molar-refractivity contribution is 0.317. The number of benzene rings is 1. The summed E-state index contributed by atoms with van der Waals surface area (Å²) in [6.07, 6.45) is 0.895. The summed E-state index contributed by atoms with van der Waals surface area (Å²) < 4.78 is 10.6. The monoisotopic (exact) mass is 252 g/mol. The fourth-order valence-corrected chi connectivity index (χ4v) is 1.86. The molecule has 4 heteroatoms. The number of aryl methyl sites for hydroxylation is 1. The highest BCUT2D eigenvalue weighted by Gasteiger charge is 2.08. The molecule has 0 saturated carbocycles. The summed E-state index contributed by atoms with van der Waals surface area (Å²) in [6.45, 7) is 4.45. The maximum absolute atomic E-state index is 11.3. The van der Waals surface area contributed by atoms with Gasteiger partial charge in [-0.15, -0.1) is 0 Å². The van der Waals surface area contributed by atoms with Crippen LogP contribution in [0.25, 0.3) is 11.0 Å². The van der Waals surface area contributed by atoms with Crippen LogP contribution in [0.4, 0.5) is 0 Å². The second-order valence-electron chi connectivity index (χ2n) is 3.88. The molecule has 0 unspecified atom stereocenters. The summed E-state index contributed by atoms with van der Waals surface area (Å²) in [4.78, 5) is 11.3. The van der Waals surface area contributed by atoms with Crippen LogP contribution in [0.2, 0.25) is 5.02 Å². The summed E-state index contributed by atoms with van der Waals surface area (Å²) in [5.41, 5.74) is 0.990. The van der Waals surface area contributed by atoms with Crippen LogP contribution in [0.3, 0.4) is 0 Å². The van der Waals surface area contributed by atoms with Gasteiger partial charge in [0, 0.05) is 17.5 Å². The standard InChI is InChI=1S/C13H13ClO3/c1-3-4-16-12-7-11-9(6-10(12)14)8(2)5-13(15)17-11/h5-7H,3-4H2,1-2H3. The Kier molecular flexibility index (Phi) is 3.38. The quantitative estimate of drug-likeness (QED) is 0.785. The van der Waals surface area contributed by atoms with Gasteiger partial charge in [-0.25, -0.2) is 4.79 Å². The normalized spacial score (nSPS) is 10.8. The van der Waals surface area contributed by atoms with Gasteiger partial charge in [0.15, 0.2) is 0 Å². The van der Waals surface area contributed by atoms with E-state index in [2.05, 4.69) is 0 Å². The minimum atomic E-state index is -0.362. The Labute approximate surface area is 104 Å². The Morgan fingerprint density at radius 2 is 2.12 bits per heavy atom. The van der Waals surface area contributed by atoms with Crippen molar-refractivity contribution in [3.05, 3.63) is 39.2 Å². The molecule has 0 fully saturated rings. The Balaban J connectivity index is 2.59. The molecular weight excluding hydrogens is 240 g/mol. The van der Waals surface area contributed by atoms with Crippen molar-refractivity contribution in [3.8, 4) is 5.75 Å². The molecule has 0 aliphatic carbocycles. The van der Waals surface area contributed by atoms with E-state index in [1.54, 1.807) is 12.1 Å². The van der Waals surface area contributed by atoms with Gasteiger partial charge < -0.3 is 9.15 Å². The molecule has 1 heterocycles. The second kappa shape index (κ2) is 4.80. The molecule has 17 heavy (non-hydrogen) atoms. The van der Waals surface area contributed by atoms with Gasteiger partial charge in [-0.1, -0.05) is 18.5 Å². The van der Waals surface area contributed by atoms with Gasteiger partial charge in [-0.3, -0.25) is 0 Å². The van der Waals surface area contributed by atoms with E-state index in [9.17, 15) is 4.79 Å². The molecule has 2 aromatic rings. The van der Waals surface area contributed by atoms with E-state index in [4.69, 9.17) is 20.8 Å². The average Bonchev–Trinajstić information content (AvgIpc) is 2.27. The number of fused-ring (bicyclic) bond motifs is 1. The molecule has 90 valence electrons. The molecule has 0 saturated heterocycles. The van der Waals surface area contributed by atoms with Crippen molar-refractivity contribution in [1.82, 2.24) is 0 Å². The van der Waals surface area contributed by atoms with Gasteiger partial charge in [-0.2, -0.15) is 0 Å². The van der Waals surface area contributed by atoms with Crippen molar-refractivity contribution in [3.63, 3.8) is 0 Å². The predicted octanol–water partition coefficient (Wildman–Crippen LogP) is 3.54. The van der Waals surface area contributed by atoms with Crippen molar-refractivity contribution in [2.75, 3.05) is 6.61 Å². The summed E-state index contributed by atoms with van der Waals surface area (Å²) in [7, 11) is 0. The predicted molar refractivity (Wildman–Crippen MR) is 68.0 cm³/mol. The van der Waals surface area contributed by atoms with Crippen LogP contribution in [-0.2, 0) is 0 Å². The first-order valence-electron chi connectivity index (χ1n) is 5.48. The van der Waals surface area contributed by atoms with Gasteiger partial charge in [0.05, 0.1) is 11.6 Å². The van der Waals surface area contributed by atoms with Crippen LogP contribution in [0.5, 0.6) is 5.75 Å². The van der Waals surface area contributed by atoms with Crippen molar-refractivity contribution >= 4 is 22.6 Å². The Morgan fingerprint density at radius 1 is 1.35 bits per heavy atom. The van der Waals surface area contributed by atoms with Crippen LogP contribution in [0.15, 0.2) is 27.4 Å². The maximum atomic E-state index is 11.3. The molecule has 1 aromatic carbocycles. The molecular formula is C13H13ClO3. The van der Waals surface area contributed by atoms with Crippen LogP contribution in [0.1, 0.15) is 18.9 Å². The van der Waals surface area contributed by atoms with E-state index >= 15 is 0 Å². The number of rotatable bonds is 3. The van der Waals surface area contributed by atoms with Crippen LogP contribution in [0, 0.1) is 6.92 Å². The molecule has 0 amide bonds. The third-order valence-electron chi connectivity index (χ3n) is 2.47. The van der Waals surface area contributed by atoms with E-state index in [0.717, 1.165) is 17.4 Å². The second-order valence-corrected chi connectivity index (χ2v) is 4.28. The number of ether oxygens (including phenoxy) is 1. The Bertz CT molecular complexity index is 601. The molecule has 0 aliphatic rings. The highest BCUT2D eigenvalue weighted by Crippen LogP contribution is 2.30. The smallest absolute Gasteiger partial charge is 0.336 e. The molecule has 0 radical (unpaired) electrons. The number of hydrogen-bond donors (Lipinski definition) is 0. The highest BCUT2D eigenvalue weighted by molar-refractivity contribution is 6.32. The van der Waals surface area contributed by atoms with E-state index in [-0.39, 0.29) is 5.63 Å². The van der Waals surface area contributed by atoms with E-state index in [1.165, 1.54) is 6.07 Å². The SMILES string of the molecule is CCCOc1cc2oc(=O)cc(C)c2cc1Cl. The van der Waals surface area contributed by atoms with Gasteiger partial charge >= 0.3 is 5.63 Å². The lowest BCUT2D eigenvalue weighted by Gasteiger charge is -2.08. The van der Waals surface area contributed by atoms with Crippen molar-refractivity contribution in [2.45, 2.75) is 20.3 Å². The topological polar surface area (TPSA) is 39.4 Å². The zero-order chi connectivity index (χ0) is 12.4. The van der Waals surface area contributed by atoms with E-state index in [1.807, 2.05) is 13.8 Å². The highest BCUT2D eigenvalue weighted by atomic mass is 35.5.